The van der Waals surface area contributed by atoms with Crippen LogP contribution in [0.25, 0.3) is 0 Å². The number of hydrogen-bond donors (Lipinski definition) is 2. The molecule has 1 saturated heterocycles. The Balaban J connectivity index is 1.81. The van der Waals surface area contributed by atoms with Gasteiger partial charge in [0.1, 0.15) is 18.2 Å². The number of rotatable bonds is 5. The molecule has 0 spiro atoms. The van der Waals surface area contributed by atoms with Crippen molar-refractivity contribution in [3.05, 3.63) is 29.8 Å². The number of likely N-dealkylation sites (tertiary alicyclic amines) is 1. The molecular formula is C13H19N3O. The fourth-order valence-electron chi connectivity index (χ4n) is 2.05. The van der Waals surface area contributed by atoms with Crippen LogP contribution in [0.3, 0.4) is 0 Å². The van der Waals surface area contributed by atoms with Gasteiger partial charge in [0.05, 0.1) is 0 Å². The molecule has 1 aromatic rings. The summed E-state index contributed by atoms with van der Waals surface area (Å²) < 4.78 is 5.66. The highest BCUT2D eigenvalue weighted by Crippen LogP contribution is 2.13. The summed E-state index contributed by atoms with van der Waals surface area (Å²) in [6, 6.07) is 7.39. The lowest BCUT2D eigenvalue weighted by Crippen LogP contribution is -2.25. The van der Waals surface area contributed by atoms with E-state index in [0.717, 1.165) is 12.3 Å². The number of nitrogens with zero attached hydrogens (tertiary/aromatic N) is 1. The SMILES string of the molecule is N=C(N)c1cccc(OCCN2CCCC2)c1. The molecule has 1 aliphatic heterocycles. The number of benzene rings is 1. The van der Waals surface area contributed by atoms with Crippen molar-refractivity contribution >= 4 is 5.84 Å². The van der Waals surface area contributed by atoms with E-state index in [2.05, 4.69) is 4.90 Å². The smallest absolute Gasteiger partial charge is 0.122 e. The zero-order valence-corrected chi connectivity index (χ0v) is 9.98. The van der Waals surface area contributed by atoms with Crippen molar-refractivity contribution in [3.63, 3.8) is 0 Å². The molecule has 4 heteroatoms. The minimum atomic E-state index is 0.0787. The molecule has 0 radical (unpaired) electrons. The quantitative estimate of drug-likeness (QED) is 0.597. The summed E-state index contributed by atoms with van der Waals surface area (Å²) in [6.07, 6.45) is 2.61. The van der Waals surface area contributed by atoms with E-state index in [1.807, 2.05) is 24.3 Å². The third-order valence-electron chi connectivity index (χ3n) is 3.02. The number of nitrogens with one attached hydrogen (secondary N) is 1. The predicted octanol–water partition coefficient (Wildman–Crippen LogP) is 1.45. The van der Waals surface area contributed by atoms with Crippen molar-refractivity contribution < 1.29 is 4.74 Å². The van der Waals surface area contributed by atoms with Gasteiger partial charge in [0.15, 0.2) is 0 Å². The molecule has 1 aromatic carbocycles. The van der Waals surface area contributed by atoms with Crippen LogP contribution in [0.15, 0.2) is 24.3 Å². The van der Waals surface area contributed by atoms with Gasteiger partial charge in [-0.05, 0) is 38.1 Å². The van der Waals surface area contributed by atoms with E-state index < -0.39 is 0 Å². The molecular weight excluding hydrogens is 214 g/mol. The van der Waals surface area contributed by atoms with Crippen LogP contribution >= 0.6 is 0 Å². The largest absolute Gasteiger partial charge is 0.492 e. The highest BCUT2D eigenvalue weighted by atomic mass is 16.5. The minimum Gasteiger partial charge on any atom is -0.492 e. The van der Waals surface area contributed by atoms with Crippen LogP contribution in [0.2, 0.25) is 0 Å². The monoisotopic (exact) mass is 233 g/mol. The Hall–Kier alpha value is -1.55. The maximum atomic E-state index is 7.36. The number of ether oxygens (including phenoxy) is 1. The van der Waals surface area contributed by atoms with Gasteiger partial charge in [0.25, 0.3) is 0 Å². The maximum absolute atomic E-state index is 7.36. The highest BCUT2D eigenvalue weighted by molar-refractivity contribution is 5.95. The van der Waals surface area contributed by atoms with E-state index in [9.17, 15) is 0 Å². The van der Waals surface area contributed by atoms with Gasteiger partial charge in [0, 0.05) is 12.1 Å². The summed E-state index contributed by atoms with van der Waals surface area (Å²) in [5.41, 5.74) is 6.14. The molecule has 17 heavy (non-hydrogen) atoms. The van der Waals surface area contributed by atoms with Gasteiger partial charge >= 0.3 is 0 Å². The lowest BCUT2D eigenvalue weighted by atomic mass is 10.2. The summed E-state index contributed by atoms with van der Waals surface area (Å²) in [5, 5.41) is 7.36. The summed E-state index contributed by atoms with van der Waals surface area (Å²) in [5.74, 6) is 0.867. The Bertz CT molecular complexity index is 386. The predicted molar refractivity (Wildman–Crippen MR) is 68.6 cm³/mol. The Morgan fingerprint density at radius 1 is 1.35 bits per heavy atom. The standard InChI is InChI=1S/C13H19N3O/c14-13(15)11-4-3-5-12(10-11)17-9-8-16-6-1-2-7-16/h3-5,10H,1-2,6-9H2,(H3,14,15). The van der Waals surface area contributed by atoms with Crippen LogP contribution in [0, 0.1) is 5.41 Å². The zero-order chi connectivity index (χ0) is 12.1. The first-order valence-corrected chi connectivity index (χ1v) is 6.05. The van der Waals surface area contributed by atoms with Gasteiger partial charge in [0.2, 0.25) is 0 Å². The lowest BCUT2D eigenvalue weighted by Gasteiger charge is -2.15. The van der Waals surface area contributed by atoms with Gasteiger partial charge in [-0.3, -0.25) is 10.3 Å². The van der Waals surface area contributed by atoms with Gasteiger partial charge in [-0.1, -0.05) is 12.1 Å². The van der Waals surface area contributed by atoms with Crippen molar-refractivity contribution in [1.82, 2.24) is 4.90 Å². The molecule has 0 atom stereocenters. The second kappa shape index (κ2) is 5.68. The van der Waals surface area contributed by atoms with Gasteiger partial charge in [-0.15, -0.1) is 0 Å². The molecule has 92 valence electrons. The Morgan fingerprint density at radius 3 is 2.82 bits per heavy atom. The Labute approximate surface area is 102 Å². The minimum absolute atomic E-state index is 0.0787. The normalized spacial score (nSPS) is 16.0. The van der Waals surface area contributed by atoms with E-state index in [0.29, 0.717) is 12.2 Å². The number of nitrogens with two attached hydrogens (primary N) is 1. The van der Waals surface area contributed by atoms with Crippen LogP contribution < -0.4 is 10.5 Å². The topological polar surface area (TPSA) is 62.3 Å². The molecule has 0 unspecified atom stereocenters. The molecule has 1 fully saturated rings. The fourth-order valence-corrected chi connectivity index (χ4v) is 2.05. The van der Waals surface area contributed by atoms with Crippen molar-refractivity contribution in [3.8, 4) is 5.75 Å². The Kier molecular flexibility index (Phi) is 3.98. The first-order chi connectivity index (χ1) is 8.25. The number of amidine groups is 1. The van der Waals surface area contributed by atoms with Crippen molar-refractivity contribution in [2.45, 2.75) is 12.8 Å². The lowest BCUT2D eigenvalue weighted by molar-refractivity contribution is 0.238. The molecule has 2 rings (SSSR count). The fraction of sp³-hybridized carbons (Fsp3) is 0.462. The average Bonchev–Trinajstić information content (AvgIpc) is 2.82. The van der Waals surface area contributed by atoms with Crippen LogP contribution in [-0.2, 0) is 0 Å². The van der Waals surface area contributed by atoms with E-state index >= 15 is 0 Å². The Morgan fingerprint density at radius 2 is 2.12 bits per heavy atom. The second-order valence-corrected chi connectivity index (χ2v) is 4.34. The molecule has 0 saturated carbocycles. The molecule has 0 aromatic heterocycles. The number of hydrogen-bond acceptors (Lipinski definition) is 3. The van der Waals surface area contributed by atoms with Crippen molar-refractivity contribution in [1.29, 1.82) is 5.41 Å². The molecule has 1 heterocycles. The van der Waals surface area contributed by atoms with E-state index in [1.54, 1.807) is 0 Å². The van der Waals surface area contributed by atoms with Crippen molar-refractivity contribution in [2.24, 2.45) is 5.73 Å². The van der Waals surface area contributed by atoms with Crippen LogP contribution in [0.5, 0.6) is 5.75 Å². The van der Waals surface area contributed by atoms with E-state index in [-0.39, 0.29) is 5.84 Å². The number of nitrogen functional groups attached to an aromatic ring is 1. The van der Waals surface area contributed by atoms with E-state index in [4.69, 9.17) is 15.9 Å². The third-order valence-corrected chi connectivity index (χ3v) is 3.02. The summed E-state index contributed by atoms with van der Waals surface area (Å²) in [7, 11) is 0. The van der Waals surface area contributed by atoms with Crippen LogP contribution in [0.4, 0.5) is 0 Å². The second-order valence-electron chi connectivity index (χ2n) is 4.34. The van der Waals surface area contributed by atoms with Crippen molar-refractivity contribution in [2.75, 3.05) is 26.2 Å². The van der Waals surface area contributed by atoms with Crippen LogP contribution in [-0.4, -0.2) is 37.0 Å². The molecule has 0 amide bonds. The van der Waals surface area contributed by atoms with Crippen LogP contribution in [0.1, 0.15) is 18.4 Å². The zero-order valence-electron chi connectivity index (χ0n) is 9.98. The molecule has 4 nitrogen and oxygen atoms in total. The summed E-state index contributed by atoms with van der Waals surface area (Å²) in [6.45, 7) is 4.05. The van der Waals surface area contributed by atoms with E-state index in [1.165, 1.54) is 25.9 Å². The molecule has 0 bridgehead atoms. The summed E-state index contributed by atoms with van der Waals surface area (Å²) in [4.78, 5) is 2.41. The first kappa shape index (κ1) is 11.9. The third kappa shape index (κ3) is 3.46. The maximum Gasteiger partial charge on any atom is 0.122 e. The molecule has 1 aliphatic rings. The van der Waals surface area contributed by atoms with Gasteiger partial charge in [-0.25, -0.2) is 0 Å². The summed E-state index contributed by atoms with van der Waals surface area (Å²) >= 11 is 0. The average molecular weight is 233 g/mol. The first-order valence-electron chi connectivity index (χ1n) is 6.05. The highest BCUT2D eigenvalue weighted by Gasteiger charge is 2.10. The molecule has 3 N–H and O–H groups in total. The molecule has 0 aliphatic carbocycles. The van der Waals surface area contributed by atoms with Gasteiger partial charge < -0.3 is 10.5 Å². The van der Waals surface area contributed by atoms with Gasteiger partial charge in [-0.2, -0.15) is 0 Å².